The van der Waals surface area contributed by atoms with Crippen LogP contribution in [0.2, 0.25) is 0 Å². The molecule has 0 aliphatic carbocycles. The lowest BCUT2D eigenvalue weighted by Crippen LogP contribution is -2.21. The fraction of sp³-hybridized carbons (Fsp3) is 0.636. The Bertz CT molecular complexity index is 212. The number of rotatable bonds is 7. The quantitative estimate of drug-likeness (QED) is 0.455. The van der Waals surface area contributed by atoms with Crippen molar-refractivity contribution in [2.75, 3.05) is 13.1 Å². The molecule has 5 heteroatoms. The van der Waals surface area contributed by atoms with Crippen molar-refractivity contribution >= 4 is 11.9 Å². The van der Waals surface area contributed by atoms with Crippen molar-refractivity contribution in [2.24, 2.45) is 5.92 Å². The maximum Gasteiger partial charge on any atom is 0.317 e. The fourth-order valence-electron chi connectivity index (χ4n) is 0.919. The van der Waals surface area contributed by atoms with Gasteiger partial charge in [-0.05, 0) is 12.8 Å². The zero-order valence-electron chi connectivity index (χ0n) is 9.90. The van der Waals surface area contributed by atoms with Crippen LogP contribution >= 0.6 is 0 Å². The second kappa shape index (κ2) is 11.7. The molecule has 94 valence electrons. The lowest BCUT2D eigenvalue weighted by molar-refractivity contribution is -0.142. The van der Waals surface area contributed by atoms with Crippen LogP contribution in [0.15, 0.2) is 12.7 Å². The van der Waals surface area contributed by atoms with Crippen LogP contribution in [0.5, 0.6) is 0 Å². The standard InChI is InChI=1S/C6H12O2.C5H9NO2/c1-3-5(4-2)6(7)8;1-2-3-6-4-5(7)8/h5H,3-4H2,1-2H3,(H,7,8);2,6H,1,3-4H2,(H,7,8). The Labute approximate surface area is 96.2 Å². The van der Waals surface area contributed by atoms with Crippen LogP contribution in [0.25, 0.3) is 0 Å². The van der Waals surface area contributed by atoms with Crippen LogP contribution in [0, 0.1) is 5.92 Å². The molecule has 0 aliphatic rings. The summed E-state index contributed by atoms with van der Waals surface area (Å²) in [7, 11) is 0. The van der Waals surface area contributed by atoms with Gasteiger partial charge in [0.2, 0.25) is 0 Å². The zero-order valence-corrected chi connectivity index (χ0v) is 9.90. The monoisotopic (exact) mass is 231 g/mol. The molecule has 0 amide bonds. The maximum absolute atomic E-state index is 10.2. The summed E-state index contributed by atoms with van der Waals surface area (Å²) in [4.78, 5) is 19.9. The van der Waals surface area contributed by atoms with Gasteiger partial charge in [0.1, 0.15) is 0 Å². The number of nitrogens with one attached hydrogen (secondary N) is 1. The highest BCUT2D eigenvalue weighted by atomic mass is 16.4. The fourth-order valence-corrected chi connectivity index (χ4v) is 0.919. The van der Waals surface area contributed by atoms with Gasteiger partial charge in [0.15, 0.2) is 0 Å². The Hall–Kier alpha value is -1.36. The molecule has 0 saturated carbocycles. The molecule has 3 N–H and O–H groups in total. The van der Waals surface area contributed by atoms with Crippen LogP contribution in [-0.4, -0.2) is 35.2 Å². The van der Waals surface area contributed by atoms with Crippen LogP contribution < -0.4 is 5.32 Å². The SMILES string of the molecule is C=CCNCC(=O)O.CCC(CC)C(=O)O. The summed E-state index contributed by atoms with van der Waals surface area (Å²) in [6.45, 7) is 7.74. The largest absolute Gasteiger partial charge is 0.481 e. The first-order valence-electron chi connectivity index (χ1n) is 5.25. The van der Waals surface area contributed by atoms with Gasteiger partial charge < -0.3 is 15.5 Å². The molecule has 0 rings (SSSR count). The van der Waals surface area contributed by atoms with E-state index in [2.05, 4.69) is 11.9 Å². The molecule has 16 heavy (non-hydrogen) atoms. The van der Waals surface area contributed by atoms with Crippen molar-refractivity contribution in [3.63, 3.8) is 0 Å². The first kappa shape index (κ1) is 17.0. The molecule has 0 aromatic heterocycles. The molecule has 0 aromatic rings. The van der Waals surface area contributed by atoms with E-state index >= 15 is 0 Å². The zero-order chi connectivity index (χ0) is 13.0. The Morgan fingerprint density at radius 2 is 1.81 bits per heavy atom. The van der Waals surface area contributed by atoms with Crippen molar-refractivity contribution in [2.45, 2.75) is 26.7 Å². The molecular weight excluding hydrogens is 210 g/mol. The average Bonchev–Trinajstić information content (AvgIpc) is 2.20. The molecule has 5 nitrogen and oxygen atoms in total. The summed E-state index contributed by atoms with van der Waals surface area (Å²) in [5.74, 6) is -1.64. The molecule has 0 radical (unpaired) electrons. The molecule has 0 fully saturated rings. The summed E-state index contributed by atoms with van der Waals surface area (Å²) < 4.78 is 0. The highest BCUT2D eigenvalue weighted by molar-refractivity contribution is 5.69. The summed E-state index contributed by atoms with van der Waals surface area (Å²) in [5.41, 5.74) is 0. The highest BCUT2D eigenvalue weighted by Gasteiger charge is 2.10. The first-order chi connectivity index (χ1) is 7.49. The second-order valence-electron chi connectivity index (χ2n) is 3.16. The van der Waals surface area contributed by atoms with Crippen LogP contribution in [0.4, 0.5) is 0 Å². The molecular formula is C11H21NO4. The predicted molar refractivity (Wildman–Crippen MR) is 62.4 cm³/mol. The van der Waals surface area contributed by atoms with E-state index in [1.54, 1.807) is 6.08 Å². The second-order valence-corrected chi connectivity index (χ2v) is 3.16. The summed E-state index contributed by atoms with van der Waals surface area (Å²) in [6, 6.07) is 0. The van der Waals surface area contributed by atoms with Crippen LogP contribution in [0.3, 0.4) is 0 Å². The number of carbonyl (C=O) groups is 2. The summed E-state index contributed by atoms with van der Waals surface area (Å²) in [5, 5.41) is 19.0. The number of hydrogen-bond acceptors (Lipinski definition) is 3. The summed E-state index contributed by atoms with van der Waals surface area (Å²) >= 11 is 0. The van der Waals surface area contributed by atoms with Crippen molar-refractivity contribution in [3.8, 4) is 0 Å². The molecule has 0 unspecified atom stereocenters. The van der Waals surface area contributed by atoms with Crippen LogP contribution in [0.1, 0.15) is 26.7 Å². The Morgan fingerprint density at radius 1 is 1.31 bits per heavy atom. The van der Waals surface area contributed by atoms with Gasteiger partial charge in [-0.2, -0.15) is 0 Å². The third-order valence-electron chi connectivity index (χ3n) is 1.90. The number of carboxylic acid groups (broad SMARTS) is 2. The third-order valence-corrected chi connectivity index (χ3v) is 1.90. The molecule has 0 spiro atoms. The molecule has 0 bridgehead atoms. The third kappa shape index (κ3) is 12.6. The van der Waals surface area contributed by atoms with Gasteiger partial charge in [0.05, 0.1) is 12.5 Å². The molecule has 0 aliphatic heterocycles. The minimum atomic E-state index is -0.841. The lowest BCUT2D eigenvalue weighted by atomic mass is 10.1. The molecule has 0 atom stereocenters. The Balaban J connectivity index is 0. The van der Waals surface area contributed by atoms with E-state index in [4.69, 9.17) is 10.2 Å². The van der Waals surface area contributed by atoms with Gasteiger partial charge in [-0.1, -0.05) is 19.9 Å². The molecule has 0 aromatic carbocycles. The molecule has 0 heterocycles. The van der Waals surface area contributed by atoms with E-state index in [0.29, 0.717) is 6.54 Å². The van der Waals surface area contributed by atoms with E-state index < -0.39 is 11.9 Å². The minimum absolute atomic E-state index is 0.00597. The van der Waals surface area contributed by atoms with Gasteiger partial charge in [0, 0.05) is 6.54 Å². The van der Waals surface area contributed by atoms with E-state index in [0.717, 1.165) is 12.8 Å². The number of hydrogen-bond donors (Lipinski definition) is 3. The van der Waals surface area contributed by atoms with E-state index in [-0.39, 0.29) is 12.5 Å². The number of carboxylic acids is 2. The first-order valence-corrected chi connectivity index (χ1v) is 5.25. The molecule has 0 saturated heterocycles. The normalized spacial score (nSPS) is 9.19. The van der Waals surface area contributed by atoms with Crippen molar-refractivity contribution in [1.82, 2.24) is 5.32 Å². The van der Waals surface area contributed by atoms with E-state index in [1.165, 1.54) is 0 Å². The predicted octanol–water partition coefficient (Wildman–Crippen LogP) is 1.35. The van der Waals surface area contributed by atoms with Crippen molar-refractivity contribution in [1.29, 1.82) is 0 Å². The topological polar surface area (TPSA) is 86.6 Å². The van der Waals surface area contributed by atoms with Crippen LogP contribution in [-0.2, 0) is 9.59 Å². The van der Waals surface area contributed by atoms with Gasteiger partial charge in [0.25, 0.3) is 0 Å². The minimum Gasteiger partial charge on any atom is -0.481 e. The van der Waals surface area contributed by atoms with Gasteiger partial charge >= 0.3 is 11.9 Å². The van der Waals surface area contributed by atoms with Crippen molar-refractivity contribution in [3.05, 3.63) is 12.7 Å². The highest BCUT2D eigenvalue weighted by Crippen LogP contribution is 2.05. The maximum atomic E-state index is 10.2. The van der Waals surface area contributed by atoms with Gasteiger partial charge in [-0.25, -0.2) is 0 Å². The van der Waals surface area contributed by atoms with Crippen molar-refractivity contribution < 1.29 is 19.8 Å². The van der Waals surface area contributed by atoms with E-state index in [9.17, 15) is 9.59 Å². The smallest absolute Gasteiger partial charge is 0.317 e. The Kier molecular flexibility index (Phi) is 12.5. The number of aliphatic carboxylic acids is 2. The Morgan fingerprint density at radius 3 is 2.00 bits per heavy atom. The lowest BCUT2D eigenvalue weighted by Gasteiger charge is -2.02. The average molecular weight is 231 g/mol. The van der Waals surface area contributed by atoms with Gasteiger partial charge in [-0.15, -0.1) is 6.58 Å². The van der Waals surface area contributed by atoms with Gasteiger partial charge in [-0.3, -0.25) is 9.59 Å². The summed E-state index contributed by atoms with van der Waals surface area (Å²) in [6.07, 6.45) is 3.10. The van der Waals surface area contributed by atoms with E-state index in [1.807, 2.05) is 13.8 Å².